The normalized spacial score (nSPS) is 19.1. The molecule has 2 atom stereocenters. The van der Waals surface area contributed by atoms with E-state index in [1.54, 1.807) is 12.1 Å². The summed E-state index contributed by atoms with van der Waals surface area (Å²) in [5, 5.41) is 19.7. The first-order chi connectivity index (χ1) is 9.24. The molecule has 1 aliphatic rings. The van der Waals surface area contributed by atoms with Gasteiger partial charge in [0.05, 0.1) is 6.10 Å². The van der Waals surface area contributed by atoms with Crippen molar-refractivity contribution in [3.05, 3.63) is 65.2 Å². The van der Waals surface area contributed by atoms with E-state index in [0.717, 1.165) is 18.4 Å². The first-order valence-corrected chi connectivity index (χ1v) is 6.78. The number of rotatable bonds is 3. The Labute approximate surface area is 113 Å². The molecule has 0 saturated heterocycles. The van der Waals surface area contributed by atoms with Crippen LogP contribution in [0.4, 0.5) is 0 Å². The Hall–Kier alpha value is -1.80. The van der Waals surface area contributed by atoms with Crippen molar-refractivity contribution in [2.75, 3.05) is 0 Å². The maximum atomic E-state index is 10.5. The highest BCUT2D eigenvalue weighted by Crippen LogP contribution is 2.36. The van der Waals surface area contributed by atoms with E-state index in [9.17, 15) is 10.2 Å². The van der Waals surface area contributed by atoms with E-state index >= 15 is 0 Å². The Morgan fingerprint density at radius 1 is 1.05 bits per heavy atom. The summed E-state index contributed by atoms with van der Waals surface area (Å²) in [4.78, 5) is 0. The van der Waals surface area contributed by atoms with Gasteiger partial charge in [0.15, 0.2) is 0 Å². The van der Waals surface area contributed by atoms with E-state index in [2.05, 4.69) is 18.2 Å². The van der Waals surface area contributed by atoms with Crippen LogP contribution in [0, 0.1) is 0 Å². The van der Waals surface area contributed by atoms with Gasteiger partial charge in [0, 0.05) is 5.92 Å². The molecule has 2 unspecified atom stereocenters. The summed E-state index contributed by atoms with van der Waals surface area (Å²) in [6, 6.07) is 15.5. The van der Waals surface area contributed by atoms with E-state index in [-0.39, 0.29) is 17.8 Å². The topological polar surface area (TPSA) is 40.5 Å². The lowest BCUT2D eigenvalue weighted by molar-refractivity contribution is 0.143. The molecular weight excluding hydrogens is 236 g/mol. The van der Waals surface area contributed by atoms with Gasteiger partial charge in [-0.2, -0.15) is 0 Å². The Bertz CT molecular complexity index is 560. The molecule has 0 bridgehead atoms. The average molecular weight is 254 g/mol. The van der Waals surface area contributed by atoms with E-state index in [1.165, 1.54) is 11.1 Å². The van der Waals surface area contributed by atoms with Crippen LogP contribution in [-0.2, 0) is 12.8 Å². The summed E-state index contributed by atoms with van der Waals surface area (Å²) in [7, 11) is 0. The lowest BCUT2D eigenvalue weighted by Crippen LogP contribution is -2.19. The number of fused-ring (bicyclic) bond motifs is 1. The quantitative estimate of drug-likeness (QED) is 0.884. The van der Waals surface area contributed by atoms with Crippen molar-refractivity contribution in [1.29, 1.82) is 0 Å². The standard InChI is InChI=1S/C17H18O2/c18-14-8-5-12(6-9-14)11-17(19)16-10-7-13-3-1-2-4-15(13)16/h1-6,8-9,16-19H,7,10-11H2. The van der Waals surface area contributed by atoms with Gasteiger partial charge in [0.25, 0.3) is 0 Å². The van der Waals surface area contributed by atoms with Crippen LogP contribution in [0.5, 0.6) is 5.75 Å². The second kappa shape index (κ2) is 5.06. The van der Waals surface area contributed by atoms with Crippen molar-refractivity contribution in [1.82, 2.24) is 0 Å². The van der Waals surface area contributed by atoms with Crippen LogP contribution < -0.4 is 0 Å². The minimum Gasteiger partial charge on any atom is -0.508 e. The molecule has 98 valence electrons. The highest BCUT2D eigenvalue weighted by atomic mass is 16.3. The molecule has 0 heterocycles. The van der Waals surface area contributed by atoms with Gasteiger partial charge in [-0.3, -0.25) is 0 Å². The van der Waals surface area contributed by atoms with Crippen LogP contribution in [0.2, 0.25) is 0 Å². The molecule has 0 spiro atoms. The molecule has 0 aliphatic heterocycles. The number of phenolic OH excluding ortho intramolecular Hbond substituents is 1. The third-order valence-electron chi connectivity index (χ3n) is 4.02. The number of phenols is 1. The van der Waals surface area contributed by atoms with Gasteiger partial charge in [0.2, 0.25) is 0 Å². The molecule has 0 radical (unpaired) electrons. The fourth-order valence-electron chi connectivity index (χ4n) is 3.01. The number of aliphatic hydroxyl groups excluding tert-OH is 1. The van der Waals surface area contributed by atoms with Crippen molar-refractivity contribution >= 4 is 0 Å². The lowest BCUT2D eigenvalue weighted by atomic mass is 9.91. The van der Waals surface area contributed by atoms with E-state index in [4.69, 9.17) is 0 Å². The number of hydrogen-bond donors (Lipinski definition) is 2. The van der Waals surface area contributed by atoms with E-state index in [0.29, 0.717) is 6.42 Å². The van der Waals surface area contributed by atoms with Gasteiger partial charge in [-0.05, 0) is 48.1 Å². The molecule has 0 fully saturated rings. The molecule has 1 aliphatic carbocycles. The fraction of sp³-hybridized carbons (Fsp3) is 0.294. The SMILES string of the molecule is Oc1ccc(CC(O)C2CCc3ccccc32)cc1. The Balaban J connectivity index is 1.75. The van der Waals surface area contributed by atoms with E-state index in [1.807, 2.05) is 18.2 Å². The summed E-state index contributed by atoms with van der Waals surface area (Å²) in [5.74, 6) is 0.509. The summed E-state index contributed by atoms with van der Waals surface area (Å²) >= 11 is 0. The van der Waals surface area contributed by atoms with Gasteiger partial charge in [-0.1, -0.05) is 36.4 Å². The highest BCUT2D eigenvalue weighted by Gasteiger charge is 2.28. The minimum atomic E-state index is -0.354. The Kier molecular flexibility index (Phi) is 3.26. The van der Waals surface area contributed by atoms with Crippen molar-refractivity contribution in [3.63, 3.8) is 0 Å². The van der Waals surface area contributed by atoms with Crippen LogP contribution in [-0.4, -0.2) is 16.3 Å². The molecule has 2 heteroatoms. The Morgan fingerprint density at radius 2 is 1.79 bits per heavy atom. The van der Waals surface area contributed by atoms with Crippen LogP contribution in [0.1, 0.15) is 29.0 Å². The van der Waals surface area contributed by atoms with Gasteiger partial charge >= 0.3 is 0 Å². The first kappa shape index (κ1) is 12.2. The van der Waals surface area contributed by atoms with Gasteiger partial charge in [-0.15, -0.1) is 0 Å². The van der Waals surface area contributed by atoms with Gasteiger partial charge in [-0.25, -0.2) is 0 Å². The van der Waals surface area contributed by atoms with Crippen LogP contribution in [0.25, 0.3) is 0 Å². The molecular formula is C17H18O2. The third-order valence-corrected chi connectivity index (χ3v) is 4.02. The van der Waals surface area contributed by atoms with Crippen LogP contribution >= 0.6 is 0 Å². The predicted molar refractivity (Wildman–Crippen MR) is 75.3 cm³/mol. The average Bonchev–Trinajstić information content (AvgIpc) is 2.85. The maximum absolute atomic E-state index is 10.5. The molecule has 2 nitrogen and oxygen atoms in total. The summed E-state index contributed by atoms with van der Waals surface area (Å²) in [5.41, 5.74) is 3.74. The zero-order chi connectivity index (χ0) is 13.2. The molecule has 0 saturated carbocycles. The summed E-state index contributed by atoms with van der Waals surface area (Å²) < 4.78 is 0. The van der Waals surface area contributed by atoms with Crippen LogP contribution in [0.3, 0.4) is 0 Å². The number of aliphatic hydroxyl groups is 1. The zero-order valence-corrected chi connectivity index (χ0v) is 10.8. The fourth-order valence-corrected chi connectivity index (χ4v) is 3.01. The van der Waals surface area contributed by atoms with Crippen molar-refractivity contribution in [2.45, 2.75) is 31.3 Å². The first-order valence-electron chi connectivity index (χ1n) is 6.78. The van der Waals surface area contributed by atoms with Crippen molar-refractivity contribution in [3.8, 4) is 5.75 Å². The summed E-state index contributed by atoms with van der Waals surface area (Å²) in [6.45, 7) is 0. The van der Waals surface area contributed by atoms with E-state index < -0.39 is 0 Å². The summed E-state index contributed by atoms with van der Waals surface area (Å²) in [6.07, 6.45) is 2.37. The molecule has 0 aromatic heterocycles. The second-order valence-electron chi connectivity index (χ2n) is 5.28. The number of benzene rings is 2. The third kappa shape index (κ3) is 2.49. The Morgan fingerprint density at radius 3 is 2.58 bits per heavy atom. The number of hydrogen-bond acceptors (Lipinski definition) is 2. The monoisotopic (exact) mass is 254 g/mol. The molecule has 2 N–H and O–H groups in total. The van der Waals surface area contributed by atoms with Crippen LogP contribution in [0.15, 0.2) is 48.5 Å². The van der Waals surface area contributed by atoms with Crippen molar-refractivity contribution < 1.29 is 10.2 Å². The largest absolute Gasteiger partial charge is 0.508 e. The van der Waals surface area contributed by atoms with Crippen molar-refractivity contribution in [2.24, 2.45) is 0 Å². The number of aryl methyl sites for hydroxylation is 1. The maximum Gasteiger partial charge on any atom is 0.115 e. The molecule has 3 rings (SSSR count). The number of aromatic hydroxyl groups is 1. The zero-order valence-electron chi connectivity index (χ0n) is 10.8. The molecule has 0 amide bonds. The molecule has 2 aromatic rings. The van der Waals surface area contributed by atoms with Gasteiger partial charge in [0.1, 0.15) is 5.75 Å². The predicted octanol–water partition coefficient (Wildman–Crippen LogP) is 3.03. The minimum absolute atomic E-state index is 0.241. The molecule has 2 aromatic carbocycles. The molecule has 19 heavy (non-hydrogen) atoms. The highest BCUT2D eigenvalue weighted by molar-refractivity contribution is 5.36. The lowest BCUT2D eigenvalue weighted by Gasteiger charge is -2.19. The van der Waals surface area contributed by atoms with Gasteiger partial charge < -0.3 is 10.2 Å². The second-order valence-corrected chi connectivity index (χ2v) is 5.28. The smallest absolute Gasteiger partial charge is 0.115 e.